The quantitative estimate of drug-likeness (QED) is 0.240. The number of halogens is 3. The summed E-state index contributed by atoms with van der Waals surface area (Å²) in [5.41, 5.74) is 6.18. The first-order chi connectivity index (χ1) is 29.2. The molecule has 0 bridgehead atoms. The Bertz CT molecular complexity index is 1790. The Labute approximate surface area is 370 Å². The molecular weight excluding hydrogens is 824 g/mol. The molecule has 1 aliphatic rings. The summed E-state index contributed by atoms with van der Waals surface area (Å²) in [7, 11) is 2.59. The minimum atomic E-state index is -4.62. The fourth-order valence-corrected chi connectivity index (χ4v) is 7.18. The number of cyclic esters (lactones) is 1. The number of alkyl halides is 3. The van der Waals surface area contributed by atoms with Crippen molar-refractivity contribution in [2.45, 2.75) is 150 Å². The first-order valence-electron chi connectivity index (χ1n) is 21.7. The van der Waals surface area contributed by atoms with Gasteiger partial charge in [-0.1, -0.05) is 79.5 Å². The van der Waals surface area contributed by atoms with Crippen LogP contribution in [-0.4, -0.2) is 114 Å². The molecule has 15 nitrogen and oxygen atoms in total. The molecule has 63 heavy (non-hydrogen) atoms. The van der Waals surface area contributed by atoms with E-state index in [1.165, 1.54) is 47.0 Å². The van der Waals surface area contributed by atoms with Crippen LogP contribution in [0.25, 0.3) is 0 Å². The van der Waals surface area contributed by atoms with Gasteiger partial charge < -0.3 is 41.5 Å². The van der Waals surface area contributed by atoms with E-state index in [9.17, 15) is 46.7 Å². The van der Waals surface area contributed by atoms with Gasteiger partial charge in [-0.25, -0.2) is 4.79 Å². The lowest BCUT2D eigenvalue weighted by atomic mass is 9.83. The summed E-state index contributed by atoms with van der Waals surface area (Å²) in [4.78, 5) is 98.2. The first-order valence-corrected chi connectivity index (χ1v) is 21.7. The normalized spacial score (nSPS) is 28.3. The highest BCUT2D eigenvalue weighted by Crippen LogP contribution is 2.29. The summed E-state index contributed by atoms with van der Waals surface area (Å²) in [5.74, 6) is -5.81. The number of nitrogens with two attached hydrogens (primary N) is 1. The number of likely N-dealkylation sites (N-methyl/N-ethyl adjacent to an activating group) is 2. The second-order valence-corrected chi connectivity index (χ2v) is 17.5. The van der Waals surface area contributed by atoms with Crippen molar-refractivity contribution >= 4 is 41.4 Å². The van der Waals surface area contributed by atoms with Gasteiger partial charge in [0.1, 0.15) is 24.2 Å². The van der Waals surface area contributed by atoms with Gasteiger partial charge in [-0.05, 0) is 75.0 Å². The van der Waals surface area contributed by atoms with Crippen LogP contribution >= 0.6 is 0 Å². The fourth-order valence-electron chi connectivity index (χ4n) is 7.18. The molecular formula is C45H70F3N7O8. The maximum atomic E-state index is 14.2. The fraction of sp³-hybridized carbons (Fsp3) is 0.667. The molecule has 0 aliphatic carbocycles. The molecule has 1 aliphatic heterocycles. The molecule has 10 atom stereocenters. The summed E-state index contributed by atoms with van der Waals surface area (Å²) >= 11 is 0. The average molecular weight is 894 g/mol. The zero-order valence-corrected chi connectivity index (χ0v) is 38.9. The van der Waals surface area contributed by atoms with Crippen molar-refractivity contribution in [3.8, 4) is 0 Å². The zero-order chi connectivity index (χ0) is 48.1. The summed E-state index contributed by atoms with van der Waals surface area (Å²) in [6.07, 6.45) is -3.13. The van der Waals surface area contributed by atoms with Crippen molar-refractivity contribution < 1.29 is 51.5 Å². The standard InChI is InChI=1S/C45H70F3N7O8/c1-13-25(5)37-28(8)33(49)20-15-27(7)44(62)63-35(21-24(3)4)40(58)51-30(10)42(60)55(12)34(22-31-16-18-32(19-17-31)45(46,47)48)43(61)54(11)23-36(56)52-38(26(6)14-2)41(59)50-29(9)39(57)53-37/h15-19,24-26,28-30,33-35,37-38H,13-14,20-23,49H2,1-12H3,(H,50,59)(H,51,58)(H,52,56)(H,53,57)/b27-15+/t25-,26?,28-,29+,30-,33-,34+,35+,37+,38-/m0/s1. The molecule has 0 saturated carbocycles. The van der Waals surface area contributed by atoms with E-state index in [1.807, 2.05) is 41.5 Å². The second kappa shape index (κ2) is 24.2. The lowest BCUT2D eigenvalue weighted by Crippen LogP contribution is -2.59. The van der Waals surface area contributed by atoms with Crippen LogP contribution in [0.3, 0.4) is 0 Å². The molecule has 0 spiro atoms. The number of benzene rings is 1. The number of hydrogen-bond acceptors (Lipinski definition) is 9. The zero-order valence-electron chi connectivity index (χ0n) is 38.9. The topological polar surface area (TPSA) is 209 Å². The van der Waals surface area contributed by atoms with Crippen LogP contribution in [0.1, 0.15) is 106 Å². The minimum absolute atomic E-state index is 0.0365. The van der Waals surface area contributed by atoms with Crippen LogP contribution < -0.4 is 27.0 Å². The van der Waals surface area contributed by atoms with Crippen molar-refractivity contribution in [2.75, 3.05) is 20.6 Å². The van der Waals surface area contributed by atoms with Gasteiger partial charge in [0.25, 0.3) is 5.91 Å². The van der Waals surface area contributed by atoms with E-state index in [4.69, 9.17) is 10.5 Å². The summed E-state index contributed by atoms with van der Waals surface area (Å²) in [6.45, 7) is 16.9. The number of nitrogens with one attached hydrogen (secondary N) is 4. The lowest BCUT2D eigenvalue weighted by Gasteiger charge is -2.34. The Morgan fingerprint density at radius 2 is 1.37 bits per heavy atom. The molecule has 0 saturated heterocycles. The van der Waals surface area contributed by atoms with Gasteiger partial charge in [0.05, 0.1) is 12.1 Å². The van der Waals surface area contributed by atoms with E-state index in [1.54, 1.807) is 13.0 Å². The van der Waals surface area contributed by atoms with Crippen molar-refractivity contribution in [1.29, 1.82) is 0 Å². The SMILES string of the molecule is CCC(C)[C@@H]1NC(=O)CN(C)C(=O)[C@@H](Cc2ccc(C(F)(F)F)cc2)N(C)C(=O)[C@H](C)NC(=O)[C@@H](CC(C)C)OC(=O)/C(C)=C/C[C@H](N)[C@H](C)[C@@H]([C@@H](C)CC)NC(=O)[C@@H](C)NC1=O. The molecule has 0 aromatic heterocycles. The number of carbonyl (C=O) groups excluding carboxylic acids is 7. The van der Waals surface area contributed by atoms with E-state index in [-0.39, 0.29) is 48.2 Å². The first kappa shape index (κ1) is 54.1. The Balaban J connectivity index is 2.66. The molecule has 2 rings (SSSR count). The third-order valence-corrected chi connectivity index (χ3v) is 11.9. The number of hydrogen-bond donors (Lipinski definition) is 5. The molecule has 0 radical (unpaired) electrons. The number of carbonyl (C=O) groups is 7. The number of rotatable bonds is 8. The van der Waals surface area contributed by atoms with E-state index in [0.29, 0.717) is 12.8 Å². The predicted octanol–water partition coefficient (Wildman–Crippen LogP) is 3.88. The third kappa shape index (κ3) is 15.9. The average Bonchev–Trinajstić information content (AvgIpc) is 3.22. The molecule has 18 heteroatoms. The van der Waals surface area contributed by atoms with Crippen molar-refractivity contribution in [3.63, 3.8) is 0 Å². The van der Waals surface area contributed by atoms with E-state index in [0.717, 1.165) is 21.9 Å². The Hall–Kier alpha value is -5.00. The van der Waals surface area contributed by atoms with Crippen LogP contribution in [0.2, 0.25) is 0 Å². The van der Waals surface area contributed by atoms with Crippen molar-refractivity contribution in [3.05, 3.63) is 47.0 Å². The van der Waals surface area contributed by atoms with Gasteiger partial charge in [-0.2, -0.15) is 13.2 Å². The third-order valence-electron chi connectivity index (χ3n) is 11.9. The van der Waals surface area contributed by atoms with Crippen molar-refractivity contribution in [1.82, 2.24) is 31.1 Å². The number of ether oxygens (including phenoxy) is 1. The Morgan fingerprint density at radius 3 is 1.90 bits per heavy atom. The van der Waals surface area contributed by atoms with Crippen LogP contribution in [0.4, 0.5) is 13.2 Å². The maximum absolute atomic E-state index is 14.2. The van der Waals surface area contributed by atoms with E-state index >= 15 is 0 Å². The van der Waals surface area contributed by atoms with E-state index in [2.05, 4.69) is 21.3 Å². The lowest BCUT2D eigenvalue weighted by molar-refractivity contribution is -0.154. The smallest absolute Gasteiger partial charge is 0.416 e. The monoisotopic (exact) mass is 894 g/mol. The highest BCUT2D eigenvalue weighted by Gasteiger charge is 2.37. The highest BCUT2D eigenvalue weighted by atomic mass is 19.4. The number of nitrogens with zero attached hydrogens (tertiary/aromatic N) is 2. The predicted molar refractivity (Wildman–Crippen MR) is 232 cm³/mol. The molecule has 1 unspecified atom stereocenters. The van der Waals surface area contributed by atoms with Crippen LogP contribution in [0.5, 0.6) is 0 Å². The van der Waals surface area contributed by atoms with Gasteiger partial charge >= 0.3 is 12.1 Å². The van der Waals surface area contributed by atoms with Gasteiger partial charge in [0.2, 0.25) is 29.5 Å². The van der Waals surface area contributed by atoms with Gasteiger partial charge in [0, 0.05) is 38.2 Å². The van der Waals surface area contributed by atoms with Crippen LogP contribution in [-0.2, 0) is 50.9 Å². The number of amides is 6. The summed E-state index contributed by atoms with van der Waals surface area (Å²) in [6, 6.07) is -1.72. The molecule has 1 aromatic carbocycles. The molecule has 6 N–H and O–H groups in total. The Morgan fingerprint density at radius 1 is 0.794 bits per heavy atom. The second-order valence-electron chi connectivity index (χ2n) is 17.5. The maximum Gasteiger partial charge on any atom is 0.416 e. The summed E-state index contributed by atoms with van der Waals surface area (Å²) in [5, 5.41) is 11.0. The molecule has 1 heterocycles. The molecule has 6 amide bonds. The molecule has 0 fully saturated rings. The van der Waals surface area contributed by atoms with E-state index < -0.39 is 108 Å². The largest absolute Gasteiger partial charge is 0.449 e. The Kier molecular flexibility index (Phi) is 20.8. The minimum Gasteiger partial charge on any atom is -0.449 e. The van der Waals surface area contributed by atoms with Crippen molar-refractivity contribution in [2.24, 2.45) is 29.4 Å². The van der Waals surface area contributed by atoms with Crippen LogP contribution in [0.15, 0.2) is 35.9 Å². The number of esters is 1. The van der Waals surface area contributed by atoms with Gasteiger partial charge in [0.15, 0.2) is 6.10 Å². The molecule has 354 valence electrons. The van der Waals surface area contributed by atoms with Gasteiger partial charge in [-0.3, -0.25) is 28.8 Å². The highest BCUT2D eigenvalue weighted by molar-refractivity contribution is 5.96. The molecule has 1 aromatic rings. The van der Waals surface area contributed by atoms with Crippen LogP contribution in [0, 0.1) is 23.7 Å². The van der Waals surface area contributed by atoms with Gasteiger partial charge in [-0.15, -0.1) is 0 Å². The summed E-state index contributed by atoms with van der Waals surface area (Å²) < 4.78 is 45.9.